The fourth-order valence-corrected chi connectivity index (χ4v) is 1.03. The topological polar surface area (TPSA) is 50.1 Å². The molecule has 0 N–H and O–H groups in total. The van der Waals surface area contributed by atoms with Crippen LogP contribution in [-0.2, 0) is 9.53 Å². The van der Waals surface area contributed by atoms with E-state index in [2.05, 4.69) is 4.74 Å². The quantitative estimate of drug-likeness (QED) is 0.421. The molecule has 3 nitrogen and oxygen atoms in total. The Bertz CT molecular complexity index is 446. The molecule has 1 aromatic carbocycles. The average Bonchev–Trinajstić information content (AvgIpc) is 2.26. The molecule has 0 saturated carbocycles. The monoisotopic (exact) mass is 205 g/mol. The molecule has 0 aromatic heterocycles. The van der Waals surface area contributed by atoms with Gasteiger partial charge in [-0.15, -0.1) is 0 Å². The number of esters is 1. The minimum absolute atomic E-state index is 0.0556. The Morgan fingerprint density at radius 1 is 1.53 bits per heavy atom. The largest absolute Gasteiger partial charge is 0.466 e. The molecule has 0 aliphatic rings. The second-order valence-electron chi connectivity index (χ2n) is 2.67. The summed E-state index contributed by atoms with van der Waals surface area (Å²) in [5.74, 6) is -1.23. The maximum absolute atomic E-state index is 13.2. The number of hydrogen-bond acceptors (Lipinski definition) is 3. The van der Waals surface area contributed by atoms with Crippen LogP contribution in [0.25, 0.3) is 5.57 Å². The van der Waals surface area contributed by atoms with Gasteiger partial charge in [0.2, 0.25) is 0 Å². The Labute approximate surface area is 86.4 Å². The molecule has 0 fully saturated rings. The number of halogens is 1. The lowest BCUT2D eigenvalue weighted by Gasteiger charge is -1.99. The Hall–Kier alpha value is -2.15. The molecule has 0 bridgehead atoms. The first-order valence-corrected chi connectivity index (χ1v) is 4.13. The summed E-state index contributed by atoms with van der Waals surface area (Å²) >= 11 is 0. The first-order chi connectivity index (χ1) is 7.19. The predicted octanol–water partition coefficient (Wildman–Crippen LogP) is 1.91. The van der Waals surface area contributed by atoms with Crippen LogP contribution in [0.4, 0.5) is 4.39 Å². The van der Waals surface area contributed by atoms with Gasteiger partial charge in [-0.2, -0.15) is 5.26 Å². The highest BCUT2D eigenvalue weighted by Crippen LogP contribution is 2.17. The first kappa shape index (κ1) is 10.9. The van der Waals surface area contributed by atoms with Gasteiger partial charge in [0.05, 0.1) is 12.7 Å². The maximum Gasteiger partial charge on any atom is 0.331 e. The Morgan fingerprint density at radius 2 is 2.20 bits per heavy atom. The standard InChI is InChI=1S/C11H8FNO2/c1-15-11(14)6-8(7-13)9-4-2-3-5-10(9)12/h2-6H,1H3. The van der Waals surface area contributed by atoms with Gasteiger partial charge in [-0.1, -0.05) is 18.2 Å². The number of benzene rings is 1. The van der Waals surface area contributed by atoms with E-state index < -0.39 is 11.8 Å². The summed E-state index contributed by atoms with van der Waals surface area (Å²) in [7, 11) is 1.19. The zero-order chi connectivity index (χ0) is 11.3. The maximum atomic E-state index is 13.2. The minimum Gasteiger partial charge on any atom is -0.466 e. The summed E-state index contributed by atoms with van der Waals surface area (Å²) < 4.78 is 17.6. The van der Waals surface area contributed by atoms with Crippen LogP contribution >= 0.6 is 0 Å². The minimum atomic E-state index is -0.685. The SMILES string of the molecule is COC(=O)C=C(C#N)c1ccccc1F. The van der Waals surface area contributed by atoms with Crippen LogP contribution in [0.1, 0.15) is 5.56 Å². The molecule has 15 heavy (non-hydrogen) atoms. The van der Waals surface area contributed by atoms with Crippen molar-refractivity contribution in [3.8, 4) is 6.07 Å². The molecule has 0 unspecified atom stereocenters. The van der Waals surface area contributed by atoms with E-state index in [0.29, 0.717) is 0 Å². The van der Waals surface area contributed by atoms with Crippen LogP contribution in [0, 0.1) is 17.1 Å². The molecule has 1 rings (SSSR count). The predicted molar refractivity (Wildman–Crippen MR) is 52.0 cm³/mol. The summed E-state index contributed by atoms with van der Waals surface area (Å²) in [4.78, 5) is 10.9. The fraction of sp³-hybridized carbons (Fsp3) is 0.0909. The zero-order valence-electron chi connectivity index (χ0n) is 8.03. The third kappa shape index (κ3) is 2.64. The second kappa shape index (κ2) is 4.91. The van der Waals surface area contributed by atoms with Gasteiger partial charge in [-0.25, -0.2) is 9.18 Å². The van der Waals surface area contributed by atoms with Crippen LogP contribution in [0.3, 0.4) is 0 Å². The van der Waals surface area contributed by atoms with Crippen molar-refractivity contribution in [2.45, 2.75) is 0 Å². The number of ether oxygens (including phenoxy) is 1. The molecule has 0 saturated heterocycles. The van der Waals surface area contributed by atoms with Crippen LogP contribution in [0.15, 0.2) is 30.3 Å². The molecule has 0 atom stereocenters. The fourth-order valence-electron chi connectivity index (χ4n) is 1.03. The lowest BCUT2D eigenvalue weighted by atomic mass is 10.1. The molecular formula is C11H8FNO2. The van der Waals surface area contributed by atoms with E-state index in [1.807, 2.05) is 0 Å². The van der Waals surface area contributed by atoms with E-state index in [-0.39, 0.29) is 11.1 Å². The molecule has 4 heteroatoms. The van der Waals surface area contributed by atoms with Crippen LogP contribution in [0.2, 0.25) is 0 Å². The number of nitriles is 1. The molecule has 0 aliphatic heterocycles. The van der Waals surface area contributed by atoms with Gasteiger partial charge in [0, 0.05) is 11.6 Å². The van der Waals surface area contributed by atoms with Gasteiger partial charge >= 0.3 is 5.97 Å². The van der Waals surface area contributed by atoms with Gasteiger partial charge in [-0.3, -0.25) is 0 Å². The second-order valence-corrected chi connectivity index (χ2v) is 2.67. The van der Waals surface area contributed by atoms with Crippen molar-refractivity contribution in [3.63, 3.8) is 0 Å². The molecule has 0 spiro atoms. The van der Waals surface area contributed by atoms with Gasteiger partial charge in [-0.05, 0) is 6.07 Å². The van der Waals surface area contributed by atoms with Crippen LogP contribution < -0.4 is 0 Å². The molecule has 0 heterocycles. The van der Waals surface area contributed by atoms with E-state index in [0.717, 1.165) is 6.08 Å². The number of allylic oxidation sites excluding steroid dienone is 1. The van der Waals surface area contributed by atoms with Crippen molar-refractivity contribution in [1.29, 1.82) is 5.26 Å². The number of methoxy groups -OCH3 is 1. The van der Waals surface area contributed by atoms with Gasteiger partial charge < -0.3 is 4.74 Å². The van der Waals surface area contributed by atoms with Crippen molar-refractivity contribution >= 4 is 11.5 Å². The highest BCUT2D eigenvalue weighted by Gasteiger charge is 2.08. The molecule has 1 aromatic rings. The van der Waals surface area contributed by atoms with E-state index in [1.165, 1.54) is 25.3 Å². The van der Waals surface area contributed by atoms with E-state index in [4.69, 9.17) is 5.26 Å². The third-order valence-corrected chi connectivity index (χ3v) is 1.75. The van der Waals surface area contributed by atoms with Crippen LogP contribution in [-0.4, -0.2) is 13.1 Å². The lowest BCUT2D eigenvalue weighted by molar-refractivity contribution is -0.134. The van der Waals surface area contributed by atoms with E-state index >= 15 is 0 Å². The van der Waals surface area contributed by atoms with Crippen molar-refractivity contribution in [3.05, 3.63) is 41.7 Å². The first-order valence-electron chi connectivity index (χ1n) is 4.13. The van der Waals surface area contributed by atoms with Crippen molar-refractivity contribution in [2.75, 3.05) is 7.11 Å². The highest BCUT2D eigenvalue weighted by molar-refractivity contribution is 5.95. The summed E-state index contributed by atoms with van der Waals surface area (Å²) in [5, 5.41) is 8.76. The van der Waals surface area contributed by atoms with Gasteiger partial charge in [0.1, 0.15) is 11.9 Å². The smallest absolute Gasteiger partial charge is 0.331 e. The van der Waals surface area contributed by atoms with E-state index in [1.54, 1.807) is 12.1 Å². The number of carbonyl (C=O) groups excluding carboxylic acids is 1. The molecular weight excluding hydrogens is 197 g/mol. The summed E-state index contributed by atoms with van der Waals surface area (Å²) in [5.41, 5.74) is 0.0327. The number of rotatable bonds is 2. The lowest BCUT2D eigenvalue weighted by Crippen LogP contribution is -1.97. The van der Waals surface area contributed by atoms with Crippen molar-refractivity contribution in [1.82, 2.24) is 0 Å². The highest BCUT2D eigenvalue weighted by atomic mass is 19.1. The van der Waals surface area contributed by atoms with Crippen molar-refractivity contribution in [2.24, 2.45) is 0 Å². The van der Waals surface area contributed by atoms with Crippen molar-refractivity contribution < 1.29 is 13.9 Å². The Kier molecular flexibility index (Phi) is 3.58. The van der Waals surface area contributed by atoms with Crippen LogP contribution in [0.5, 0.6) is 0 Å². The molecule has 0 aliphatic carbocycles. The average molecular weight is 205 g/mol. The number of carbonyl (C=O) groups is 1. The van der Waals surface area contributed by atoms with E-state index in [9.17, 15) is 9.18 Å². The Balaban J connectivity index is 3.16. The zero-order valence-corrected chi connectivity index (χ0v) is 8.03. The van der Waals surface area contributed by atoms with Gasteiger partial charge in [0.25, 0.3) is 0 Å². The molecule has 76 valence electrons. The number of hydrogen-bond donors (Lipinski definition) is 0. The summed E-state index contributed by atoms with van der Waals surface area (Å²) in [6.07, 6.45) is 0.957. The molecule has 0 amide bonds. The third-order valence-electron chi connectivity index (χ3n) is 1.75. The number of nitrogens with zero attached hydrogens (tertiary/aromatic N) is 1. The summed E-state index contributed by atoms with van der Waals surface area (Å²) in [6.45, 7) is 0. The molecule has 0 radical (unpaired) electrons. The summed E-state index contributed by atoms with van der Waals surface area (Å²) in [6, 6.07) is 7.48. The Morgan fingerprint density at radius 3 is 2.73 bits per heavy atom. The normalized spacial score (nSPS) is 10.6. The van der Waals surface area contributed by atoms with Gasteiger partial charge in [0.15, 0.2) is 0 Å².